The highest BCUT2D eigenvalue weighted by Gasteiger charge is 1.55. The van der Waals surface area contributed by atoms with Crippen molar-refractivity contribution in [2.45, 2.75) is 0 Å². The van der Waals surface area contributed by atoms with E-state index in [9.17, 15) is 4.39 Å². The molecule has 4 heavy (non-hydrogen) atoms. The summed E-state index contributed by atoms with van der Waals surface area (Å²) in [7, 11) is 0. The highest BCUT2D eigenvalue weighted by molar-refractivity contribution is 4.74. The zero-order valence-corrected chi connectivity index (χ0v) is 2.16. The van der Waals surface area contributed by atoms with E-state index >= 15 is 0 Å². The summed E-state index contributed by atoms with van der Waals surface area (Å²) in [5.74, 6) is 0. The van der Waals surface area contributed by atoms with Gasteiger partial charge in [-0.2, -0.15) is 0 Å². The van der Waals surface area contributed by atoms with E-state index in [2.05, 4.69) is 6.58 Å². The quantitative estimate of drug-likeness (QED) is 0.424. The predicted molar refractivity (Wildman–Crippen MR) is 14.5 cm³/mol. The van der Waals surface area contributed by atoms with Crippen molar-refractivity contribution < 1.29 is 4.39 Å². The average molecular weight is 58.1 g/mol. The SMILES string of the molecule is C=C[C]F. The third kappa shape index (κ3) is 1.67. The zero-order chi connectivity index (χ0) is 3.41. The minimum absolute atomic E-state index is 0.958. The summed E-state index contributed by atoms with van der Waals surface area (Å²) in [6.45, 7) is 4.19. The van der Waals surface area contributed by atoms with Crippen LogP contribution < -0.4 is 0 Å². The Bertz CT molecular complexity index is 17.2. The van der Waals surface area contributed by atoms with Gasteiger partial charge in [-0.25, -0.2) is 4.39 Å². The molecule has 0 heterocycles. The molecular weight excluding hydrogens is 55.0 g/mol. The largest absolute Gasteiger partial charge is 0.231 e. The fourth-order valence-corrected chi connectivity index (χ4v) is 0. The maximum atomic E-state index is 10.4. The van der Waals surface area contributed by atoms with Gasteiger partial charge in [0.2, 0.25) is 6.67 Å². The van der Waals surface area contributed by atoms with E-state index in [-0.39, 0.29) is 0 Å². The van der Waals surface area contributed by atoms with Crippen molar-refractivity contribution in [2.24, 2.45) is 0 Å². The summed E-state index contributed by atoms with van der Waals surface area (Å²) in [5, 5.41) is 0. The Morgan fingerprint density at radius 1 is 2.00 bits per heavy atom. The predicted octanol–water partition coefficient (Wildman–Crippen LogP) is 1.18. The molecule has 0 atom stereocenters. The summed E-state index contributed by atoms with van der Waals surface area (Å²) in [6, 6.07) is 0. The van der Waals surface area contributed by atoms with Crippen LogP contribution in [0.25, 0.3) is 0 Å². The van der Waals surface area contributed by atoms with E-state index < -0.39 is 0 Å². The van der Waals surface area contributed by atoms with Crippen LogP contribution in [0.2, 0.25) is 0 Å². The van der Waals surface area contributed by atoms with E-state index in [0.29, 0.717) is 0 Å². The van der Waals surface area contributed by atoms with Crippen molar-refractivity contribution in [3.05, 3.63) is 19.3 Å². The second-order valence-corrected chi connectivity index (χ2v) is 0.313. The molecule has 0 aromatic heterocycles. The summed E-state index contributed by atoms with van der Waals surface area (Å²) in [6.07, 6.45) is 0.958. The van der Waals surface area contributed by atoms with Crippen molar-refractivity contribution in [1.82, 2.24) is 0 Å². The van der Waals surface area contributed by atoms with E-state index in [1.165, 1.54) is 6.67 Å². The van der Waals surface area contributed by atoms with Crippen LogP contribution in [0.1, 0.15) is 0 Å². The van der Waals surface area contributed by atoms with E-state index in [0.717, 1.165) is 6.08 Å². The highest BCUT2D eigenvalue weighted by Crippen LogP contribution is 1.69. The molecular formula is C3H3F. The van der Waals surface area contributed by atoms with Crippen LogP contribution in [-0.4, -0.2) is 0 Å². The Kier molecular flexibility index (Phi) is 2.45. The van der Waals surface area contributed by atoms with Crippen molar-refractivity contribution >= 4 is 0 Å². The topological polar surface area (TPSA) is 0 Å². The van der Waals surface area contributed by atoms with Crippen molar-refractivity contribution in [3.63, 3.8) is 0 Å². The van der Waals surface area contributed by atoms with Gasteiger partial charge in [0.05, 0.1) is 0 Å². The molecule has 0 nitrogen and oxygen atoms in total. The molecule has 0 aliphatic rings. The van der Waals surface area contributed by atoms with Crippen LogP contribution in [0.15, 0.2) is 12.7 Å². The minimum Gasteiger partial charge on any atom is -0.231 e. The molecule has 0 N–H and O–H groups in total. The maximum absolute atomic E-state index is 10.4. The maximum Gasteiger partial charge on any atom is 0.210 e. The van der Waals surface area contributed by atoms with Crippen LogP contribution in [0.5, 0.6) is 0 Å². The Balaban J connectivity index is 2.30. The van der Waals surface area contributed by atoms with Gasteiger partial charge in [-0.15, -0.1) is 0 Å². The molecule has 0 saturated carbocycles. The van der Waals surface area contributed by atoms with Gasteiger partial charge in [-0.3, -0.25) is 0 Å². The number of allylic oxidation sites excluding steroid dienone is 1. The van der Waals surface area contributed by atoms with Gasteiger partial charge in [-0.05, 0) is 6.08 Å². The van der Waals surface area contributed by atoms with Crippen LogP contribution in [0.3, 0.4) is 0 Å². The molecule has 0 spiro atoms. The smallest absolute Gasteiger partial charge is 0.210 e. The van der Waals surface area contributed by atoms with Gasteiger partial charge in [0, 0.05) is 0 Å². The molecule has 22 valence electrons. The van der Waals surface area contributed by atoms with Crippen LogP contribution in [0, 0.1) is 6.67 Å². The standard InChI is InChI=1S/C3H3F/c1-2-3-4/h2H,1H2. The van der Waals surface area contributed by atoms with Crippen LogP contribution >= 0.6 is 0 Å². The fourth-order valence-electron chi connectivity index (χ4n) is 0. The van der Waals surface area contributed by atoms with E-state index in [1.807, 2.05) is 0 Å². The number of halogens is 1. The first-order valence-corrected chi connectivity index (χ1v) is 0.886. The van der Waals surface area contributed by atoms with Crippen LogP contribution in [-0.2, 0) is 0 Å². The lowest BCUT2D eigenvalue weighted by Crippen LogP contribution is -1.34. The lowest BCUT2D eigenvalue weighted by atomic mass is 10.7. The Morgan fingerprint density at radius 3 is 2.25 bits per heavy atom. The lowest BCUT2D eigenvalue weighted by molar-refractivity contribution is 0.657. The molecule has 0 amide bonds. The Morgan fingerprint density at radius 2 is 2.25 bits per heavy atom. The summed E-state index contributed by atoms with van der Waals surface area (Å²) < 4.78 is 10.4. The summed E-state index contributed by atoms with van der Waals surface area (Å²) in [4.78, 5) is 0. The molecule has 0 aliphatic carbocycles. The second kappa shape index (κ2) is 2.67. The fraction of sp³-hybridized carbons (Fsp3) is 0. The molecule has 2 radical (unpaired) electrons. The number of hydrogen-bond donors (Lipinski definition) is 0. The van der Waals surface area contributed by atoms with Crippen molar-refractivity contribution in [1.29, 1.82) is 0 Å². The first kappa shape index (κ1) is 3.67. The third-order valence-corrected chi connectivity index (χ3v) is 0.0772. The molecule has 0 aliphatic heterocycles. The molecule has 0 rings (SSSR count). The Hall–Kier alpha value is -0.330. The number of rotatable bonds is 1. The monoisotopic (exact) mass is 58.0 g/mol. The van der Waals surface area contributed by atoms with Gasteiger partial charge >= 0.3 is 0 Å². The van der Waals surface area contributed by atoms with E-state index in [1.54, 1.807) is 0 Å². The molecule has 0 unspecified atom stereocenters. The highest BCUT2D eigenvalue weighted by atomic mass is 19.1. The summed E-state index contributed by atoms with van der Waals surface area (Å²) in [5.41, 5.74) is 0. The van der Waals surface area contributed by atoms with Crippen molar-refractivity contribution in [3.8, 4) is 0 Å². The van der Waals surface area contributed by atoms with Gasteiger partial charge in [-0.1, -0.05) is 6.58 Å². The average Bonchev–Trinajstić information content (AvgIpc) is 1.37. The number of hydrogen-bond acceptors (Lipinski definition) is 0. The van der Waals surface area contributed by atoms with Gasteiger partial charge in [0.15, 0.2) is 0 Å². The van der Waals surface area contributed by atoms with Gasteiger partial charge in [0.25, 0.3) is 0 Å². The molecule has 0 aromatic carbocycles. The normalized spacial score (nSPS) is 6.25. The third-order valence-electron chi connectivity index (χ3n) is 0.0772. The Labute approximate surface area is 24.9 Å². The zero-order valence-electron chi connectivity index (χ0n) is 2.16. The first-order chi connectivity index (χ1) is 1.91. The molecule has 0 saturated heterocycles. The summed E-state index contributed by atoms with van der Waals surface area (Å²) >= 11 is 0. The van der Waals surface area contributed by atoms with Crippen LogP contribution in [0.4, 0.5) is 4.39 Å². The minimum atomic E-state index is 0.958. The van der Waals surface area contributed by atoms with Gasteiger partial charge < -0.3 is 0 Å². The molecule has 0 fully saturated rings. The second-order valence-electron chi connectivity index (χ2n) is 0.313. The molecule has 0 bridgehead atoms. The molecule has 1 heteroatoms. The van der Waals surface area contributed by atoms with Crippen molar-refractivity contribution in [2.75, 3.05) is 0 Å². The first-order valence-electron chi connectivity index (χ1n) is 0.886. The van der Waals surface area contributed by atoms with Gasteiger partial charge in [0.1, 0.15) is 0 Å². The molecule has 0 aromatic rings. The van der Waals surface area contributed by atoms with E-state index in [4.69, 9.17) is 0 Å². The lowest BCUT2D eigenvalue weighted by Gasteiger charge is -1.50.